The largest absolute Gasteiger partial charge is 0.481 e. The molecule has 0 spiro atoms. The molecule has 1 N–H and O–H groups in total. The lowest BCUT2D eigenvalue weighted by Crippen LogP contribution is -2.65. The van der Waals surface area contributed by atoms with Gasteiger partial charge in [0.1, 0.15) is 5.60 Å². The zero-order valence-corrected chi connectivity index (χ0v) is 12.1. The normalized spacial score (nSPS) is 34.2. The van der Waals surface area contributed by atoms with Crippen LogP contribution in [0.4, 0.5) is 4.79 Å². The number of carbonyl (C=O) groups excluding carboxylic acids is 1. The number of ether oxygens (including phenoxy) is 1. The molecule has 1 amide bonds. The Morgan fingerprint density at radius 2 is 2.00 bits per heavy atom. The molecule has 3 aliphatic rings. The minimum atomic E-state index is -0.805. The predicted octanol–water partition coefficient (Wildman–Crippen LogP) is 2.50. The van der Waals surface area contributed by atoms with Gasteiger partial charge in [-0.05, 0) is 52.9 Å². The van der Waals surface area contributed by atoms with Crippen molar-refractivity contribution in [2.45, 2.75) is 58.1 Å². The smallest absolute Gasteiger partial charge is 0.410 e. The molecule has 2 heterocycles. The molecule has 3 rings (SSSR count). The highest BCUT2D eigenvalue weighted by molar-refractivity contribution is 5.76. The van der Waals surface area contributed by atoms with E-state index >= 15 is 0 Å². The number of fused-ring (bicyclic) bond motifs is 3. The van der Waals surface area contributed by atoms with Crippen molar-refractivity contribution >= 4 is 12.1 Å². The van der Waals surface area contributed by atoms with Crippen molar-refractivity contribution < 1.29 is 19.4 Å². The van der Waals surface area contributed by atoms with Crippen LogP contribution in [-0.4, -0.2) is 39.8 Å². The van der Waals surface area contributed by atoms with E-state index in [0.29, 0.717) is 13.0 Å². The number of carboxylic acids is 1. The molecule has 0 aromatic carbocycles. The number of piperidine rings is 2. The molecule has 3 unspecified atom stereocenters. The summed E-state index contributed by atoms with van der Waals surface area (Å²) in [5.74, 6) is -0.997. The van der Waals surface area contributed by atoms with Crippen molar-refractivity contribution in [3.05, 3.63) is 0 Å². The molecule has 108 valence electrons. The Labute approximate surface area is 113 Å². The lowest BCUT2D eigenvalue weighted by atomic mass is 9.64. The van der Waals surface area contributed by atoms with Gasteiger partial charge in [0.2, 0.25) is 0 Å². The summed E-state index contributed by atoms with van der Waals surface area (Å²) >= 11 is 0. The molecular weight excluding hydrogens is 246 g/mol. The maximum atomic E-state index is 12.3. The number of hydrogen-bond acceptors (Lipinski definition) is 3. The molecule has 0 radical (unpaired) electrons. The summed E-state index contributed by atoms with van der Waals surface area (Å²) in [7, 11) is 0. The van der Waals surface area contributed by atoms with E-state index in [2.05, 4.69) is 0 Å². The molecular formula is C14H23NO4. The first-order valence-corrected chi connectivity index (χ1v) is 6.87. The van der Waals surface area contributed by atoms with E-state index in [9.17, 15) is 14.7 Å². The van der Waals surface area contributed by atoms with Crippen molar-refractivity contribution in [1.29, 1.82) is 0 Å². The maximum absolute atomic E-state index is 12.3. The molecule has 3 fully saturated rings. The van der Waals surface area contributed by atoms with Gasteiger partial charge in [0.15, 0.2) is 0 Å². The molecule has 1 saturated carbocycles. The molecule has 5 heteroatoms. The lowest BCUT2D eigenvalue weighted by molar-refractivity contribution is -0.156. The molecule has 2 saturated heterocycles. The third-order valence-corrected chi connectivity index (χ3v) is 4.35. The first-order chi connectivity index (χ1) is 8.63. The van der Waals surface area contributed by atoms with E-state index in [4.69, 9.17) is 4.74 Å². The van der Waals surface area contributed by atoms with E-state index < -0.39 is 23.0 Å². The van der Waals surface area contributed by atoms with Gasteiger partial charge in [-0.3, -0.25) is 4.79 Å². The highest BCUT2D eigenvalue weighted by Crippen LogP contribution is 2.47. The second-order valence-electron chi connectivity index (χ2n) is 6.98. The number of aliphatic carboxylic acids is 1. The number of rotatable bonds is 1. The molecule has 2 aliphatic heterocycles. The first-order valence-electron chi connectivity index (χ1n) is 6.87. The van der Waals surface area contributed by atoms with Gasteiger partial charge in [-0.15, -0.1) is 0 Å². The number of amides is 1. The monoisotopic (exact) mass is 269 g/mol. The van der Waals surface area contributed by atoms with E-state index in [1.165, 1.54) is 0 Å². The van der Waals surface area contributed by atoms with E-state index in [-0.39, 0.29) is 12.0 Å². The van der Waals surface area contributed by atoms with Crippen LogP contribution in [0.2, 0.25) is 0 Å². The molecule has 2 bridgehead atoms. The Morgan fingerprint density at radius 1 is 1.37 bits per heavy atom. The molecule has 5 nitrogen and oxygen atoms in total. The molecule has 0 aromatic rings. The van der Waals surface area contributed by atoms with Gasteiger partial charge in [-0.25, -0.2) is 4.79 Å². The predicted molar refractivity (Wildman–Crippen MR) is 69.8 cm³/mol. The third kappa shape index (κ3) is 2.55. The van der Waals surface area contributed by atoms with Gasteiger partial charge in [0.25, 0.3) is 0 Å². The van der Waals surface area contributed by atoms with Crippen molar-refractivity contribution in [3.8, 4) is 0 Å². The first kappa shape index (κ1) is 14.2. The van der Waals surface area contributed by atoms with E-state index in [1.807, 2.05) is 27.7 Å². The third-order valence-electron chi connectivity index (χ3n) is 4.35. The Bertz CT molecular complexity index is 401. The van der Waals surface area contributed by atoms with E-state index in [0.717, 1.165) is 12.8 Å². The summed E-state index contributed by atoms with van der Waals surface area (Å²) in [5, 5.41) is 9.38. The molecule has 3 atom stereocenters. The maximum Gasteiger partial charge on any atom is 0.410 e. The van der Waals surface area contributed by atoms with Crippen LogP contribution in [0.25, 0.3) is 0 Å². The average molecular weight is 269 g/mol. The van der Waals surface area contributed by atoms with Crippen molar-refractivity contribution in [2.24, 2.45) is 11.8 Å². The minimum Gasteiger partial charge on any atom is -0.481 e. The SMILES string of the molecule is CC(C)(C)OC(=O)N1CC2CCC1(C)C(C(=O)O)C2. The highest BCUT2D eigenvalue weighted by Gasteiger charge is 2.55. The van der Waals surface area contributed by atoms with Crippen molar-refractivity contribution in [1.82, 2.24) is 4.90 Å². The lowest BCUT2D eigenvalue weighted by Gasteiger charge is -2.55. The molecule has 1 aliphatic carbocycles. The second-order valence-corrected chi connectivity index (χ2v) is 6.98. The van der Waals surface area contributed by atoms with Crippen LogP contribution in [-0.2, 0) is 9.53 Å². The number of carbonyl (C=O) groups is 2. The Kier molecular flexibility index (Phi) is 3.27. The number of nitrogens with zero attached hydrogens (tertiary/aromatic N) is 1. The highest BCUT2D eigenvalue weighted by atomic mass is 16.6. The van der Waals surface area contributed by atoms with Crippen LogP contribution in [0.3, 0.4) is 0 Å². The average Bonchev–Trinajstić information content (AvgIpc) is 2.25. The van der Waals surface area contributed by atoms with Crippen molar-refractivity contribution in [2.75, 3.05) is 6.54 Å². The van der Waals surface area contributed by atoms with Gasteiger partial charge in [-0.1, -0.05) is 0 Å². The van der Waals surface area contributed by atoms with Gasteiger partial charge in [0.05, 0.1) is 11.5 Å². The van der Waals surface area contributed by atoms with Crippen LogP contribution in [0.5, 0.6) is 0 Å². The standard InChI is InChI=1S/C14H23NO4/c1-13(2,3)19-12(18)15-8-9-5-6-14(15,4)10(7-9)11(16)17/h9-10H,5-8H2,1-4H3,(H,16,17). The summed E-state index contributed by atoms with van der Waals surface area (Å²) in [6, 6.07) is 0. The fraction of sp³-hybridized carbons (Fsp3) is 0.857. The summed E-state index contributed by atoms with van der Waals surface area (Å²) < 4.78 is 5.42. The van der Waals surface area contributed by atoms with Crippen molar-refractivity contribution in [3.63, 3.8) is 0 Å². The topological polar surface area (TPSA) is 66.8 Å². The zero-order chi connectivity index (χ0) is 14.4. The number of carboxylic acid groups (broad SMARTS) is 1. The van der Waals surface area contributed by atoms with Gasteiger partial charge < -0.3 is 14.7 Å². The Hall–Kier alpha value is -1.26. The second kappa shape index (κ2) is 4.39. The number of hydrogen-bond donors (Lipinski definition) is 1. The Morgan fingerprint density at radius 3 is 2.53 bits per heavy atom. The fourth-order valence-electron chi connectivity index (χ4n) is 3.30. The molecule has 0 aromatic heterocycles. The molecule has 19 heavy (non-hydrogen) atoms. The van der Waals surface area contributed by atoms with Gasteiger partial charge >= 0.3 is 12.1 Å². The van der Waals surface area contributed by atoms with Crippen LogP contribution < -0.4 is 0 Å². The summed E-state index contributed by atoms with van der Waals surface area (Å²) in [4.78, 5) is 25.4. The van der Waals surface area contributed by atoms with Gasteiger partial charge in [0, 0.05) is 6.54 Å². The van der Waals surface area contributed by atoms with Crippen LogP contribution >= 0.6 is 0 Å². The Balaban J connectivity index is 2.22. The summed E-state index contributed by atoms with van der Waals surface area (Å²) in [5.41, 5.74) is -1.16. The summed E-state index contributed by atoms with van der Waals surface area (Å²) in [6.07, 6.45) is 2.03. The quantitative estimate of drug-likeness (QED) is 0.794. The summed E-state index contributed by atoms with van der Waals surface area (Å²) in [6.45, 7) is 7.97. The fourth-order valence-corrected chi connectivity index (χ4v) is 3.30. The minimum absolute atomic E-state index is 0.287. The van der Waals surface area contributed by atoms with E-state index in [1.54, 1.807) is 4.90 Å². The zero-order valence-electron chi connectivity index (χ0n) is 12.1. The van der Waals surface area contributed by atoms with Crippen LogP contribution in [0, 0.1) is 11.8 Å². The van der Waals surface area contributed by atoms with Crippen LogP contribution in [0.15, 0.2) is 0 Å². The van der Waals surface area contributed by atoms with Crippen LogP contribution in [0.1, 0.15) is 47.0 Å². The van der Waals surface area contributed by atoms with Gasteiger partial charge in [-0.2, -0.15) is 0 Å².